The SMILES string of the molecule is COC(=O)C1=CO[C@@H](O)[C@@H]2C(CO)CC[C@H]12. The Morgan fingerprint density at radius 1 is 1.62 bits per heavy atom. The van der Waals surface area contributed by atoms with Crippen LogP contribution in [0.1, 0.15) is 12.8 Å². The second-order valence-electron chi connectivity index (χ2n) is 4.30. The van der Waals surface area contributed by atoms with Gasteiger partial charge in [-0.05, 0) is 18.8 Å². The largest absolute Gasteiger partial charge is 0.472 e. The van der Waals surface area contributed by atoms with Crippen molar-refractivity contribution in [2.75, 3.05) is 13.7 Å². The Kier molecular flexibility index (Phi) is 3.16. The van der Waals surface area contributed by atoms with Crippen molar-refractivity contribution in [3.8, 4) is 0 Å². The minimum Gasteiger partial charge on any atom is -0.472 e. The summed E-state index contributed by atoms with van der Waals surface area (Å²) in [5.74, 6) is -0.689. The first-order valence-corrected chi connectivity index (χ1v) is 5.41. The molecule has 1 saturated carbocycles. The number of aliphatic hydroxyl groups is 2. The van der Waals surface area contributed by atoms with Gasteiger partial charge in [-0.25, -0.2) is 4.79 Å². The van der Waals surface area contributed by atoms with Crippen molar-refractivity contribution < 1.29 is 24.5 Å². The molecule has 1 unspecified atom stereocenters. The summed E-state index contributed by atoms with van der Waals surface area (Å²) >= 11 is 0. The number of fused-ring (bicyclic) bond motifs is 1. The van der Waals surface area contributed by atoms with Gasteiger partial charge in [0, 0.05) is 18.4 Å². The summed E-state index contributed by atoms with van der Waals surface area (Å²) in [6.07, 6.45) is 1.92. The fraction of sp³-hybridized carbons (Fsp3) is 0.727. The fourth-order valence-corrected chi connectivity index (χ4v) is 2.75. The van der Waals surface area contributed by atoms with Crippen LogP contribution in [0.25, 0.3) is 0 Å². The third-order valence-electron chi connectivity index (χ3n) is 3.58. The molecule has 0 radical (unpaired) electrons. The summed E-state index contributed by atoms with van der Waals surface area (Å²) in [6, 6.07) is 0. The molecule has 5 nitrogen and oxygen atoms in total. The van der Waals surface area contributed by atoms with Crippen LogP contribution in [0, 0.1) is 17.8 Å². The van der Waals surface area contributed by atoms with E-state index in [9.17, 15) is 15.0 Å². The van der Waals surface area contributed by atoms with Gasteiger partial charge in [-0.3, -0.25) is 0 Å². The standard InChI is InChI=1S/C11H16O5/c1-15-10(13)8-5-16-11(14)9-6(4-12)2-3-7(8)9/h5-7,9,11-12,14H,2-4H2,1H3/t6?,7-,9-,11-/m1/s1. The van der Waals surface area contributed by atoms with E-state index in [0.29, 0.717) is 5.57 Å². The van der Waals surface area contributed by atoms with Gasteiger partial charge in [-0.2, -0.15) is 0 Å². The molecule has 16 heavy (non-hydrogen) atoms. The van der Waals surface area contributed by atoms with Gasteiger partial charge >= 0.3 is 5.97 Å². The molecule has 2 N–H and O–H groups in total. The highest BCUT2D eigenvalue weighted by Crippen LogP contribution is 2.45. The number of carbonyl (C=O) groups excluding carboxylic acids is 1. The lowest BCUT2D eigenvalue weighted by Crippen LogP contribution is -2.37. The van der Waals surface area contributed by atoms with Gasteiger partial charge in [-0.1, -0.05) is 0 Å². The average Bonchev–Trinajstić information content (AvgIpc) is 2.73. The Morgan fingerprint density at radius 2 is 2.38 bits per heavy atom. The van der Waals surface area contributed by atoms with E-state index in [2.05, 4.69) is 4.74 Å². The van der Waals surface area contributed by atoms with Crippen molar-refractivity contribution in [1.82, 2.24) is 0 Å². The summed E-state index contributed by atoms with van der Waals surface area (Å²) in [5.41, 5.74) is 0.466. The first-order chi connectivity index (χ1) is 7.69. The predicted molar refractivity (Wildman–Crippen MR) is 54.0 cm³/mol. The average molecular weight is 228 g/mol. The Morgan fingerprint density at radius 3 is 3.00 bits per heavy atom. The van der Waals surface area contributed by atoms with Crippen molar-refractivity contribution in [3.05, 3.63) is 11.8 Å². The molecule has 0 aromatic heterocycles. The van der Waals surface area contributed by atoms with E-state index in [1.54, 1.807) is 0 Å². The Bertz CT molecular complexity index is 311. The summed E-state index contributed by atoms with van der Waals surface area (Å²) in [7, 11) is 1.32. The van der Waals surface area contributed by atoms with Crippen LogP contribution in [0.3, 0.4) is 0 Å². The van der Waals surface area contributed by atoms with Crippen LogP contribution < -0.4 is 0 Å². The van der Waals surface area contributed by atoms with Crippen molar-refractivity contribution >= 4 is 5.97 Å². The third-order valence-corrected chi connectivity index (χ3v) is 3.58. The number of methoxy groups -OCH3 is 1. The zero-order chi connectivity index (χ0) is 11.7. The van der Waals surface area contributed by atoms with E-state index in [4.69, 9.17) is 4.74 Å². The second kappa shape index (κ2) is 4.43. The molecule has 5 heteroatoms. The molecule has 4 atom stereocenters. The lowest BCUT2D eigenvalue weighted by molar-refractivity contribution is -0.146. The monoisotopic (exact) mass is 228 g/mol. The number of hydrogen-bond acceptors (Lipinski definition) is 5. The maximum Gasteiger partial charge on any atom is 0.337 e. The molecule has 90 valence electrons. The molecule has 1 fully saturated rings. The van der Waals surface area contributed by atoms with Crippen LogP contribution in [0.2, 0.25) is 0 Å². The van der Waals surface area contributed by atoms with Crippen molar-refractivity contribution in [2.45, 2.75) is 19.1 Å². The Labute approximate surface area is 93.7 Å². The zero-order valence-electron chi connectivity index (χ0n) is 9.13. The third kappa shape index (κ3) is 1.70. The van der Waals surface area contributed by atoms with E-state index in [0.717, 1.165) is 12.8 Å². The van der Waals surface area contributed by atoms with Gasteiger partial charge < -0.3 is 19.7 Å². The number of hydrogen-bond donors (Lipinski definition) is 2. The van der Waals surface area contributed by atoms with Crippen LogP contribution in [0.4, 0.5) is 0 Å². The summed E-state index contributed by atoms with van der Waals surface area (Å²) in [5, 5.41) is 18.9. The van der Waals surface area contributed by atoms with Gasteiger partial charge in [0.2, 0.25) is 0 Å². The maximum atomic E-state index is 11.5. The number of ether oxygens (including phenoxy) is 2. The minimum atomic E-state index is -0.932. The normalized spacial score (nSPS) is 37.3. The molecule has 2 aliphatic rings. The van der Waals surface area contributed by atoms with Crippen molar-refractivity contribution in [2.24, 2.45) is 17.8 Å². The van der Waals surface area contributed by atoms with E-state index in [1.807, 2.05) is 0 Å². The molecule has 0 saturated heterocycles. The zero-order valence-corrected chi connectivity index (χ0v) is 9.13. The van der Waals surface area contributed by atoms with Crippen LogP contribution >= 0.6 is 0 Å². The summed E-state index contributed by atoms with van der Waals surface area (Å²) in [6.45, 7) is 0.00996. The smallest absolute Gasteiger partial charge is 0.337 e. The van der Waals surface area contributed by atoms with Crippen LogP contribution in [-0.4, -0.2) is 36.2 Å². The van der Waals surface area contributed by atoms with Gasteiger partial charge in [0.1, 0.15) is 0 Å². The summed E-state index contributed by atoms with van der Waals surface area (Å²) in [4.78, 5) is 11.5. The van der Waals surface area contributed by atoms with Crippen LogP contribution in [0.15, 0.2) is 11.8 Å². The molecule has 1 aliphatic carbocycles. The lowest BCUT2D eigenvalue weighted by Gasteiger charge is -2.32. The molecule has 1 heterocycles. The molecular formula is C11H16O5. The number of carbonyl (C=O) groups is 1. The molecule has 0 aromatic carbocycles. The molecule has 0 spiro atoms. The first kappa shape index (κ1) is 11.4. The highest BCUT2D eigenvalue weighted by atomic mass is 16.6. The highest BCUT2D eigenvalue weighted by Gasteiger charge is 2.47. The number of rotatable bonds is 2. The molecular weight excluding hydrogens is 212 g/mol. The van der Waals surface area contributed by atoms with Gasteiger partial charge in [0.05, 0.1) is 18.9 Å². The first-order valence-electron chi connectivity index (χ1n) is 5.41. The summed E-state index contributed by atoms with van der Waals surface area (Å²) < 4.78 is 9.71. The van der Waals surface area contributed by atoms with Gasteiger partial charge in [-0.15, -0.1) is 0 Å². The molecule has 1 aliphatic heterocycles. The highest BCUT2D eigenvalue weighted by molar-refractivity contribution is 5.88. The topological polar surface area (TPSA) is 76.0 Å². The molecule has 2 rings (SSSR count). The second-order valence-corrected chi connectivity index (χ2v) is 4.30. The Balaban J connectivity index is 2.23. The van der Waals surface area contributed by atoms with E-state index in [-0.39, 0.29) is 24.4 Å². The predicted octanol–water partition coefficient (Wildman–Crippen LogP) is 0.0266. The Hall–Kier alpha value is -1.07. The number of aliphatic hydroxyl groups excluding tert-OH is 2. The van der Waals surface area contributed by atoms with Gasteiger partial charge in [0.15, 0.2) is 6.29 Å². The van der Waals surface area contributed by atoms with Crippen molar-refractivity contribution in [1.29, 1.82) is 0 Å². The van der Waals surface area contributed by atoms with Crippen LogP contribution in [0.5, 0.6) is 0 Å². The van der Waals surface area contributed by atoms with Crippen molar-refractivity contribution in [3.63, 3.8) is 0 Å². The van der Waals surface area contributed by atoms with E-state index >= 15 is 0 Å². The van der Waals surface area contributed by atoms with Gasteiger partial charge in [0.25, 0.3) is 0 Å². The number of esters is 1. The minimum absolute atomic E-state index is 0.00615. The molecule has 0 amide bonds. The fourth-order valence-electron chi connectivity index (χ4n) is 2.75. The molecule has 0 bridgehead atoms. The van der Waals surface area contributed by atoms with Crippen LogP contribution in [-0.2, 0) is 14.3 Å². The molecule has 0 aromatic rings. The van der Waals surface area contributed by atoms with E-state index < -0.39 is 12.3 Å². The lowest BCUT2D eigenvalue weighted by atomic mass is 9.83. The quantitative estimate of drug-likeness (QED) is 0.652. The maximum absolute atomic E-state index is 11.5. The van der Waals surface area contributed by atoms with E-state index in [1.165, 1.54) is 13.4 Å².